The number of fused-ring (bicyclic) bond motifs is 1. The molecule has 0 saturated carbocycles. The third kappa shape index (κ3) is 1.81. The molecular weight excluding hydrogens is 256 g/mol. The molecule has 0 saturated heterocycles. The van der Waals surface area contributed by atoms with E-state index in [1.807, 2.05) is 26.0 Å². The fourth-order valence-electron chi connectivity index (χ4n) is 1.61. The molecule has 1 aromatic heterocycles. The van der Waals surface area contributed by atoms with Crippen LogP contribution in [0.1, 0.15) is 11.5 Å². The van der Waals surface area contributed by atoms with Gasteiger partial charge in [0.2, 0.25) is 0 Å². The first-order valence-electron chi connectivity index (χ1n) is 4.60. The highest BCUT2D eigenvalue weighted by Crippen LogP contribution is 2.29. The Morgan fingerprint density at radius 1 is 1.20 bits per heavy atom. The average Bonchev–Trinajstić information content (AvgIpc) is 2.18. The Labute approximate surface area is 96.6 Å². The Balaban J connectivity index is 2.89. The molecule has 78 valence electrons. The van der Waals surface area contributed by atoms with Gasteiger partial charge in [-0.2, -0.15) is 0 Å². The molecule has 0 aliphatic heterocycles. The fraction of sp³-hybridized carbons (Fsp3) is 0.273. The lowest BCUT2D eigenvalue weighted by atomic mass is 10.2. The van der Waals surface area contributed by atoms with Gasteiger partial charge in [-0.15, -0.1) is 0 Å². The molecule has 2 rings (SSSR count). The van der Waals surface area contributed by atoms with Gasteiger partial charge in [0, 0.05) is 15.6 Å². The Kier molecular flexibility index (Phi) is 2.61. The summed E-state index contributed by atoms with van der Waals surface area (Å²) in [7, 11) is 1.65. The highest BCUT2D eigenvalue weighted by atomic mass is 79.9. The van der Waals surface area contributed by atoms with Crippen molar-refractivity contribution in [3.05, 3.63) is 28.1 Å². The maximum atomic E-state index is 5.30. The summed E-state index contributed by atoms with van der Waals surface area (Å²) < 4.78 is 6.27. The molecule has 0 fully saturated rings. The van der Waals surface area contributed by atoms with Crippen LogP contribution in [0.15, 0.2) is 16.6 Å². The van der Waals surface area contributed by atoms with E-state index < -0.39 is 0 Å². The molecule has 0 N–H and O–H groups in total. The lowest BCUT2D eigenvalue weighted by molar-refractivity contribution is 0.418. The quantitative estimate of drug-likeness (QED) is 0.796. The maximum Gasteiger partial charge on any atom is 0.146 e. The summed E-state index contributed by atoms with van der Waals surface area (Å²) in [5, 5.41) is 1.02. The molecule has 0 aliphatic rings. The lowest BCUT2D eigenvalue weighted by Crippen LogP contribution is -1.96. The molecule has 0 aliphatic carbocycles. The van der Waals surface area contributed by atoms with Gasteiger partial charge in [-0.05, 0) is 26.0 Å². The van der Waals surface area contributed by atoms with Crippen molar-refractivity contribution in [2.24, 2.45) is 0 Å². The molecule has 2 aromatic rings. The molecule has 1 heterocycles. The summed E-state index contributed by atoms with van der Waals surface area (Å²) in [4.78, 5) is 8.72. The predicted octanol–water partition coefficient (Wildman–Crippen LogP) is 3.02. The van der Waals surface area contributed by atoms with Crippen molar-refractivity contribution in [3.8, 4) is 5.75 Å². The van der Waals surface area contributed by atoms with E-state index in [1.54, 1.807) is 7.11 Å². The third-order valence-corrected chi connectivity index (χ3v) is 2.71. The standard InChI is InChI=1S/C11H11BrN2O/c1-6-9-4-8(12)5-10(15-3)11(9)14-7(2)13-6/h4-5H,1-3H3. The summed E-state index contributed by atoms with van der Waals surface area (Å²) >= 11 is 3.44. The van der Waals surface area contributed by atoms with Crippen molar-refractivity contribution in [1.82, 2.24) is 9.97 Å². The van der Waals surface area contributed by atoms with E-state index in [0.717, 1.165) is 32.6 Å². The number of rotatable bonds is 1. The largest absolute Gasteiger partial charge is 0.494 e. The van der Waals surface area contributed by atoms with E-state index in [2.05, 4.69) is 25.9 Å². The van der Waals surface area contributed by atoms with Crippen LogP contribution in [0.2, 0.25) is 0 Å². The van der Waals surface area contributed by atoms with Crippen LogP contribution in [0.4, 0.5) is 0 Å². The fourth-order valence-corrected chi connectivity index (χ4v) is 2.05. The summed E-state index contributed by atoms with van der Waals surface area (Å²) in [6.45, 7) is 3.86. The van der Waals surface area contributed by atoms with Crippen LogP contribution in [0.5, 0.6) is 5.75 Å². The Morgan fingerprint density at radius 3 is 2.60 bits per heavy atom. The summed E-state index contributed by atoms with van der Waals surface area (Å²) in [6.07, 6.45) is 0. The van der Waals surface area contributed by atoms with E-state index in [-0.39, 0.29) is 0 Å². The first-order chi connectivity index (χ1) is 7.11. The highest BCUT2D eigenvalue weighted by Gasteiger charge is 2.08. The zero-order chi connectivity index (χ0) is 11.0. The van der Waals surface area contributed by atoms with Crippen molar-refractivity contribution in [1.29, 1.82) is 0 Å². The predicted molar refractivity (Wildman–Crippen MR) is 63.3 cm³/mol. The van der Waals surface area contributed by atoms with Gasteiger partial charge < -0.3 is 4.74 Å². The second-order valence-electron chi connectivity index (χ2n) is 3.36. The SMILES string of the molecule is COc1cc(Br)cc2c(C)nc(C)nc12. The summed E-state index contributed by atoms with van der Waals surface area (Å²) in [6, 6.07) is 3.92. The van der Waals surface area contributed by atoms with Gasteiger partial charge in [0.15, 0.2) is 0 Å². The number of hydrogen-bond donors (Lipinski definition) is 0. The van der Waals surface area contributed by atoms with E-state index >= 15 is 0 Å². The second kappa shape index (κ2) is 3.77. The summed E-state index contributed by atoms with van der Waals surface area (Å²) in [5.74, 6) is 1.54. The second-order valence-corrected chi connectivity index (χ2v) is 4.28. The van der Waals surface area contributed by atoms with Gasteiger partial charge in [0.1, 0.15) is 17.1 Å². The number of aryl methyl sites for hydroxylation is 2. The smallest absolute Gasteiger partial charge is 0.146 e. The Bertz CT molecular complexity index is 525. The molecule has 0 spiro atoms. The van der Waals surface area contributed by atoms with Gasteiger partial charge in [-0.1, -0.05) is 15.9 Å². The molecule has 4 heteroatoms. The van der Waals surface area contributed by atoms with Crippen molar-refractivity contribution in [2.45, 2.75) is 13.8 Å². The molecule has 0 radical (unpaired) electrons. The molecule has 0 unspecified atom stereocenters. The molecule has 0 amide bonds. The van der Waals surface area contributed by atoms with Crippen molar-refractivity contribution >= 4 is 26.8 Å². The minimum absolute atomic E-state index is 0.764. The van der Waals surface area contributed by atoms with Crippen molar-refractivity contribution < 1.29 is 4.74 Å². The molecule has 3 nitrogen and oxygen atoms in total. The van der Waals surface area contributed by atoms with Gasteiger partial charge in [0.25, 0.3) is 0 Å². The first kappa shape index (κ1) is 10.4. The minimum Gasteiger partial charge on any atom is -0.494 e. The van der Waals surface area contributed by atoms with Crippen molar-refractivity contribution in [2.75, 3.05) is 7.11 Å². The minimum atomic E-state index is 0.764. The lowest BCUT2D eigenvalue weighted by Gasteiger charge is -2.08. The number of halogens is 1. The topological polar surface area (TPSA) is 35.0 Å². The molecule has 0 atom stereocenters. The zero-order valence-electron chi connectivity index (χ0n) is 8.84. The van der Waals surface area contributed by atoms with Crippen LogP contribution >= 0.6 is 15.9 Å². The van der Waals surface area contributed by atoms with Gasteiger partial charge in [0.05, 0.1) is 7.11 Å². The monoisotopic (exact) mass is 266 g/mol. The van der Waals surface area contributed by atoms with Crippen LogP contribution in [0.3, 0.4) is 0 Å². The Hall–Kier alpha value is -1.16. The number of nitrogens with zero attached hydrogens (tertiary/aromatic N) is 2. The maximum absolute atomic E-state index is 5.30. The number of ether oxygens (including phenoxy) is 1. The molecular formula is C11H11BrN2O. The van der Waals surface area contributed by atoms with Crippen LogP contribution < -0.4 is 4.74 Å². The van der Waals surface area contributed by atoms with E-state index in [0.29, 0.717) is 0 Å². The Morgan fingerprint density at radius 2 is 1.93 bits per heavy atom. The van der Waals surface area contributed by atoms with Gasteiger partial charge >= 0.3 is 0 Å². The zero-order valence-corrected chi connectivity index (χ0v) is 10.4. The first-order valence-corrected chi connectivity index (χ1v) is 5.39. The highest BCUT2D eigenvalue weighted by molar-refractivity contribution is 9.10. The van der Waals surface area contributed by atoms with Crippen LogP contribution in [0.25, 0.3) is 10.9 Å². The average molecular weight is 267 g/mol. The molecule has 0 bridgehead atoms. The molecule has 15 heavy (non-hydrogen) atoms. The molecule has 1 aromatic carbocycles. The van der Waals surface area contributed by atoms with Gasteiger partial charge in [-0.3, -0.25) is 0 Å². The summed E-state index contributed by atoms with van der Waals surface area (Å²) in [5.41, 5.74) is 1.84. The number of benzene rings is 1. The van der Waals surface area contributed by atoms with Crippen LogP contribution in [0, 0.1) is 13.8 Å². The number of hydrogen-bond acceptors (Lipinski definition) is 3. The van der Waals surface area contributed by atoms with E-state index in [4.69, 9.17) is 4.74 Å². The van der Waals surface area contributed by atoms with E-state index in [1.165, 1.54) is 0 Å². The van der Waals surface area contributed by atoms with Crippen LogP contribution in [-0.4, -0.2) is 17.1 Å². The van der Waals surface area contributed by atoms with E-state index in [9.17, 15) is 0 Å². The van der Waals surface area contributed by atoms with Gasteiger partial charge in [-0.25, -0.2) is 9.97 Å². The number of methoxy groups -OCH3 is 1. The normalized spacial score (nSPS) is 10.7. The number of aromatic nitrogens is 2. The van der Waals surface area contributed by atoms with Crippen molar-refractivity contribution in [3.63, 3.8) is 0 Å². The van der Waals surface area contributed by atoms with Crippen LogP contribution in [-0.2, 0) is 0 Å². The third-order valence-electron chi connectivity index (χ3n) is 2.25.